The van der Waals surface area contributed by atoms with Crippen LogP contribution in [0.2, 0.25) is 0 Å². The molecule has 1 heterocycles. The lowest BCUT2D eigenvalue weighted by atomic mass is 9.98. The maximum Gasteiger partial charge on any atom is 0.335 e. The summed E-state index contributed by atoms with van der Waals surface area (Å²) >= 11 is 0. The molecule has 0 aromatic heterocycles. The highest BCUT2D eigenvalue weighted by Crippen LogP contribution is 2.26. The van der Waals surface area contributed by atoms with Crippen LogP contribution in [0.5, 0.6) is 0 Å². The van der Waals surface area contributed by atoms with Gasteiger partial charge in [0.25, 0.3) is 0 Å². The lowest BCUT2D eigenvalue weighted by Crippen LogP contribution is -2.61. The Bertz CT molecular complexity index is 1660. The molecule has 12 nitrogen and oxygen atoms in total. The van der Waals surface area contributed by atoms with Crippen LogP contribution in [0.15, 0.2) is 85.1 Å². The molecule has 440 valence electrons. The topological polar surface area (TPSA) is 175 Å². The molecule has 1 rings (SSSR count). The minimum atomic E-state index is -1.92. The number of aliphatic carboxylic acids is 1. The van der Waals surface area contributed by atoms with Gasteiger partial charge in [0, 0.05) is 19.3 Å². The van der Waals surface area contributed by atoms with E-state index in [0.717, 1.165) is 109 Å². The number of aliphatic hydroxyl groups is 2. The molecule has 0 aliphatic carbocycles. The first-order valence-electron chi connectivity index (χ1n) is 30.6. The van der Waals surface area contributed by atoms with Gasteiger partial charge < -0.3 is 39.0 Å². The molecule has 77 heavy (non-hydrogen) atoms. The van der Waals surface area contributed by atoms with E-state index >= 15 is 0 Å². The Labute approximate surface area is 467 Å². The molecular weight excluding hydrogens is 973 g/mol. The number of esters is 3. The first-order chi connectivity index (χ1) is 37.6. The Hall–Kier alpha value is -4.10. The predicted molar refractivity (Wildman–Crippen MR) is 312 cm³/mol. The average molecular weight is 1080 g/mol. The predicted octanol–water partition coefficient (Wildman–Crippen LogP) is 15.9. The summed E-state index contributed by atoms with van der Waals surface area (Å²) in [6.45, 7) is 5.76. The molecule has 1 aliphatic heterocycles. The number of aliphatic hydroxyl groups excluding tert-OH is 2. The average Bonchev–Trinajstić information content (AvgIpc) is 3.43. The van der Waals surface area contributed by atoms with E-state index in [-0.39, 0.29) is 25.9 Å². The lowest BCUT2D eigenvalue weighted by Gasteiger charge is -2.40. The van der Waals surface area contributed by atoms with E-state index < -0.39 is 67.3 Å². The first-order valence-corrected chi connectivity index (χ1v) is 30.6. The number of allylic oxidation sites excluding steroid dienone is 14. The van der Waals surface area contributed by atoms with Crippen LogP contribution in [0.4, 0.5) is 0 Å². The summed E-state index contributed by atoms with van der Waals surface area (Å²) in [5, 5.41) is 31.5. The van der Waals surface area contributed by atoms with Gasteiger partial charge in [0.1, 0.15) is 18.8 Å². The fourth-order valence-electron chi connectivity index (χ4n) is 8.84. The Morgan fingerprint density at radius 3 is 1.27 bits per heavy atom. The number of ether oxygens (including phenoxy) is 5. The highest BCUT2D eigenvalue weighted by Gasteiger charge is 2.50. The molecule has 3 N–H and O–H groups in total. The third-order valence-corrected chi connectivity index (χ3v) is 13.5. The Morgan fingerprint density at radius 1 is 0.442 bits per heavy atom. The van der Waals surface area contributed by atoms with Crippen LogP contribution in [0.25, 0.3) is 0 Å². The minimum absolute atomic E-state index is 0.00561. The van der Waals surface area contributed by atoms with Crippen LogP contribution in [0.3, 0.4) is 0 Å². The number of carboxylic acid groups (broad SMARTS) is 1. The SMILES string of the molecule is CC/C=C\C/C=C\C/C=C\C/C=C\CCCCC(=O)OC1C(OCC(COC(=O)CCCCCCCCC/C=C\C/C=C\C/C=C\CC)OC(=O)CCCCCCCCCCCCCCCCC)OC(C(=O)O)C(O)C1O. The molecule has 1 saturated heterocycles. The van der Waals surface area contributed by atoms with Crippen molar-refractivity contribution >= 4 is 23.9 Å². The number of carbonyl (C=O) groups excluding carboxylic acids is 3. The van der Waals surface area contributed by atoms with Crippen LogP contribution < -0.4 is 0 Å². The molecule has 0 spiro atoms. The summed E-state index contributed by atoms with van der Waals surface area (Å²) in [7, 11) is 0. The number of unbranched alkanes of at least 4 members (excludes halogenated alkanes) is 23. The van der Waals surface area contributed by atoms with Gasteiger partial charge in [-0.05, 0) is 89.9 Å². The summed E-state index contributed by atoms with van der Waals surface area (Å²) < 4.78 is 28.4. The van der Waals surface area contributed by atoms with Crippen LogP contribution in [0, 0.1) is 0 Å². The summed E-state index contributed by atoms with van der Waals surface area (Å²) in [5.41, 5.74) is 0. The third-order valence-electron chi connectivity index (χ3n) is 13.5. The second kappa shape index (κ2) is 52.6. The van der Waals surface area contributed by atoms with Crippen LogP contribution >= 0.6 is 0 Å². The fourth-order valence-corrected chi connectivity index (χ4v) is 8.84. The number of carboxylic acids is 1. The third kappa shape index (κ3) is 42.5. The van der Waals surface area contributed by atoms with Crippen molar-refractivity contribution in [3.63, 3.8) is 0 Å². The molecule has 6 atom stereocenters. The second-order valence-electron chi connectivity index (χ2n) is 20.6. The van der Waals surface area contributed by atoms with E-state index in [9.17, 15) is 34.5 Å². The van der Waals surface area contributed by atoms with E-state index in [1.807, 2.05) is 0 Å². The van der Waals surface area contributed by atoms with Crippen LogP contribution in [-0.4, -0.2) is 89.2 Å². The van der Waals surface area contributed by atoms with Crippen molar-refractivity contribution in [1.29, 1.82) is 0 Å². The van der Waals surface area contributed by atoms with E-state index in [4.69, 9.17) is 23.7 Å². The summed E-state index contributed by atoms with van der Waals surface area (Å²) in [6.07, 6.45) is 55.5. The molecule has 0 aromatic carbocycles. The highest BCUT2D eigenvalue weighted by atomic mass is 16.7. The zero-order valence-electron chi connectivity index (χ0n) is 48.4. The van der Waals surface area contributed by atoms with Gasteiger partial charge in [0.15, 0.2) is 24.6 Å². The van der Waals surface area contributed by atoms with Crippen molar-refractivity contribution in [2.24, 2.45) is 0 Å². The monoisotopic (exact) mass is 1080 g/mol. The molecule has 12 heteroatoms. The van der Waals surface area contributed by atoms with Crippen LogP contribution in [0.1, 0.15) is 252 Å². The van der Waals surface area contributed by atoms with Gasteiger partial charge in [-0.1, -0.05) is 228 Å². The number of hydrogen-bond donors (Lipinski definition) is 3. The zero-order chi connectivity index (χ0) is 56.1. The molecule has 0 radical (unpaired) electrons. The number of carbonyl (C=O) groups is 4. The van der Waals surface area contributed by atoms with E-state index in [1.165, 1.54) is 77.0 Å². The minimum Gasteiger partial charge on any atom is -0.479 e. The molecule has 1 fully saturated rings. The molecule has 0 amide bonds. The lowest BCUT2D eigenvalue weighted by molar-refractivity contribution is -0.301. The van der Waals surface area contributed by atoms with Crippen molar-refractivity contribution in [2.45, 2.75) is 289 Å². The Morgan fingerprint density at radius 2 is 0.818 bits per heavy atom. The van der Waals surface area contributed by atoms with Gasteiger partial charge in [0.05, 0.1) is 6.61 Å². The summed E-state index contributed by atoms with van der Waals surface area (Å²) in [4.78, 5) is 51.2. The Balaban J connectivity index is 2.71. The molecule has 0 bridgehead atoms. The quantitative estimate of drug-likeness (QED) is 0.0228. The van der Waals surface area contributed by atoms with Crippen molar-refractivity contribution < 1.29 is 58.2 Å². The van der Waals surface area contributed by atoms with Gasteiger partial charge in [0.2, 0.25) is 0 Å². The highest BCUT2D eigenvalue weighted by molar-refractivity contribution is 5.74. The molecule has 0 saturated carbocycles. The van der Waals surface area contributed by atoms with Crippen molar-refractivity contribution in [3.8, 4) is 0 Å². The smallest absolute Gasteiger partial charge is 0.335 e. The maximum atomic E-state index is 13.2. The summed E-state index contributed by atoms with van der Waals surface area (Å²) in [5.74, 6) is -3.18. The molecule has 0 aromatic rings. The van der Waals surface area contributed by atoms with Gasteiger partial charge >= 0.3 is 23.9 Å². The second-order valence-corrected chi connectivity index (χ2v) is 20.6. The zero-order valence-corrected chi connectivity index (χ0v) is 48.4. The van der Waals surface area contributed by atoms with E-state index in [2.05, 4.69) is 106 Å². The standard InChI is InChI=1S/C65H108O12/c1-4-7-10-13-16-19-22-25-28-29-32-33-36-39-42-45-48-51-57(66)73-54-56(75-58(67)52-49-46-43-40-37-34-30-26-23-20-17-14-11-8-5-2)55-74-65-63(61(70)60(69)62(77-65)64(71)72)76-59(68)53-50-47-44-41-38-35-31-27-24-21-18-15-12-9-6-3/h7,9-10,12,16,18-19,21,25,27-28,31,38,41,56,60-63,65,69-70H,4-6,8,11,13-15,17,20,22-24,26,29-30,32-37,39-40,42-55H2,1-3H3,(H,71,72)/b10-7-,12-9-,19-16-,21-18-,28-25-,31-27-,41-38-. The maximum absolute atomic E-state index is 13.2. The van der Waals surface area contributed by atoms with Gasteiger partial charge in [-0.3, -0.25) is 14.4 Å². The van der Waals surface area contributed by atoms with Gasteiger partial charge in [-0.25, -0.2) is 4.79 Å². The first kappa shape index (κ1) is 70.9. The fraction of sp³-hybridized carbons (Fsp3) is 0.723. The largest absolute Gasteiger partial charge is 0.479 e. The van der Waals surface area contributed by atoms with Crippen LogP contribution in [-0.2, 0) is 42.9 Å². The molecular formula is C65H108O12. The molecule has 6 unspecified atom stereocenters. The van der Waals surface area contributed by atoms with E-state index in [0.29, 0.717) is 25.7 Å². The summed E-state index contributed by atoms with van der Waals surface area (Å²) in [6, 6.07) is 0. The molecule has 1 aliphatic rings. The van der Waals surface area contributed by atoms with E-state index in [1.54, 1.807) is 0 Å². The number of hydrogen-bond acceptors (Lipinski definition) is 11. The Kier molecular flexibility index (Phi) is 48.4. The van der Waals surface area contributed by atoms with Crippen molar-refractivity contribution in [3.05, 3.63) is 85.1 Å². The van der Waals surface area contributed by atoms with Crippen molar-refractivity contribution in [2.75, 3.05) is 13.2 Å². The number of rotatable bonds is 51. The van der Waals surface area contributed by atoms with Crippen molar-refractivity contribution in [1.82, 2.24) is 0 Å². The van der Waals surface area contributed by atoms with Gasteiger partial charge in [-0.15, -0.1) is 0 Å². The van der Waals surface area contributed by atoms with Gasteiger partial charge in [-0.2, -0.15) is 0 Å². The normalized spacial score (nSPS) is 18.6.